The lowest BCUT2D eigenvalue weighted by Crippen LogP contribution is -2.51. The van der Waals surface area contributed by atoms with E-state index >= 15 is 0 Å². The second kappa shape index (κ2) is 7.15. The predicted molar refractivity (Wildman–Crippen MR) is 111 cm³/mol. The Kier molecular flexibility index (Phi) is 4.60. The second-order valence-corrected chi connectivity index (χ2v) is 9.60. The number of likely N-dealkylation sites (N-methyl/N-ethyl adjacent to an activating group) is 1. The average molecular weight is 395 g/mol. The minimum atomic E-state index is -0.0521. The highest BCUT2D eigenvalue weighted by Crippen LogP contribution is 2.59. The van der Waals surface area contributed by atoms with Crippen molar-refractivity contribution in [2.75, 3.05) is 13.1 Å². The van der Waals surface area contributed by atoms with Crippen LogP contribution >= 0.6 is 0 Å². The van der Waals surface area contributed by atoms with Crippen LogP contribution in [0.5, 0.6) is 0 Å². The highest BCUT2D eigenvalue weighted by Gasteiger charge is 2.50. The molecule has 154 valence electrons. The molecule has 6 rings (SSSR count). The summed E-state index contributed by atoms with van der Waals surface area (Å²) in [5.41, 5.74) is 2.28. The first-order chi connectivity index (χ1) is 14.0. The Balaban J connectivity index is 1.31. The van der Waals surface area contributed by atoms with E-state index in [0.717, 1.165) is 24.3 Å². The molecule has 4 saturated carbocycles. The van der Waals surface area contributed by atoms with E-state index in [-0.39, 0.29) is 18.2 Å². The molecule has 0 spiro atoms. The van der Waals surface area contributed by atoms with E-state index in [1.54, 1.807) is 0 Å². The van der Waals surface area contributed by atoms with E-state index in [0.29, 0.717) is 29.0 Å². The first-order valence-corrected chi connectivity index (χ1v) is 11.1. The van der Waals surface area contributed by atoms with Crippen LogP contribution in [0.25, 0.3) is 5.65 Å². The van der Waals surface area contributed by atoms with Gasteiger partial charge in [0.2, 0.25) is 5.91 Å². The number of aromatic nitrogens is 2. The number of rotatable bonds is 6. The van der Waals surface area contributed by atoms with Gasteiger partial charge in [-0.25, -0.2) is 4.98 Å². The molecule has 0 aliphatic heterocycles. The Morgan fingerprint density at radius 2 is 1.79 bits per heavy atom. The smallest absolute Gasteiger partial charge is 0.268 e. The van der Waals surface area contributed by atoms with Crippen molar-refractivity contribution in [3.63, 3.8) is 0 Å². The number of nitrogens with zero attached hydrogens (tertiary/aromatic N) is 2. The monoisotopic (exact) mass is 394 g/mol. The van der Waals surface area contributed by atoms with Crippen molar-refractivity contribution < 1.29 is 9.59 Å². The highest BCUT2D eigenvalue weighted by atomic mass is 16.2. The maximum absolute atomic E-state index is 13.0. The SMILES string of the molecule is CCNC(=O)Cc1cn2c(C(=O)NCC34CC5CC(CC(C5)C3)C4)cccc2n1. The van der Waals surface area contributed by atoms with Crippen LogP contribution in [0.2, 0.25) is 0 Å². The quantitative estimate of drug-likeness (QED) is 0.791. The summed E-state index contributed by atoms with van der Waals surface area (Å²) in [6, 6.07) is 5.56. The number of carbonyl (C=O) groups excluding carboxylic acids is 2. The molecule has 0 unspecified atom stereocenters. The number of carbonyl (C=O) groups is 2. The summed E-state index contributed by atoms with van der Waals surface area (Å²) < 4.78 is 1.81. The zero-order valence-corrected chi connectivity index (χ0v) is 17.1. The normalized spacial score (nSPS) is 29.9. The Bertz CT molecular complexity index is 912. The molecule has 29 heavy (non-hydrogen) atoms. The van der Waals surface area contributed by atoms with E-state index in [9.17, 15) is 9.59 Å². The predicted octanol–water partition coefficient (Wildman–Crippen LogP) is 2.96. The van der Waals surface area contributed by atoms with Crippen molar-refractivity contribution in [1.29, 1.82) is 0 Å². The van der Waals surface area contributed by atoms with Gasteiger partial charge >= 0.3 is 0 Å². The fourth-order valence-corrected chi connectivity index (χ4v) is 6.62. The molecule has 2 aromatic rings. The summed E-state index contributed by atoms with van der Waals surface area (Å²) >= 11 is 0. The Hall–Kier alpha value is -2.37. The van der Waals surface area contributed by atoms with Gasteiger partial charge < -0.3 is 10.6 Å². The van der Waals surface area contributed by atoms with E-state index in [1.165, 1.54) is 38.5 Å². The maximum atomic E-state index is 13.0. The molecule has 4 bridgehead atoms. The number of pyridine rings is 1. The molecule has 0 aromatic carbocycles. The summed E-state index contributed by atoms with van der Waals surface area (Å²) in [5.74, 6) is 2.54. The first kappa shape index (κ1) is 18.6. The van der Waals surface area contributed by atoms with Crippen LogP contribution in [0.4, 0.5) is 0 Å². The molecule has 2 amide bonds. The number of amides is 2. The van der Waals surface area contributed by atoms with Crippen molar-refractivity contribution in [3.8, 4) is 0 Å². The van der Waals surface area contributed by atoms with Crippen LogP contribution in [0.3, 0.4) is 0 Å². The molecule has 0 atom stereocenters. The standard InChI is InChI=1S/C23H30N4O2/c1-2-24-21(28)9-18-13-27-19(4-3-5-20(27)26-18)22(29)25-14-23-10-15-6-16(11-23)8-17(7-15)12-23/h3-5,13,15-17H,2,6-12,14H2,1H3,(H,24,28)(H,25,29). The zero-order valence-electron chi connectivity index (χ0n) is 17.1. The number of fused-ring (bicyclic) bond motifs is 1. The Morgan fingerprint density at radius 3 is 2.45 bits per heavy atom. The molecule has 0 radical (unpaired) electrons. The lowest BCUT2D eigenvalue weighted by atomic mass is 9.49. The fourth-order valence-electron chi connectivity index (χ4n) is 6.62. The fraction of sp³-hybridized carbons (Fsp3) is 0.609. The second-order valence-electron chi connectivity index (χ2n) is 9.60. The molecular weight excluding hydrogens is 364 g/mol. The first-order valence-electron chi connectivity index (χ1n) is 11.1. The molecule has 4 aliphatic rings. The van der Waals surface area contributed by atoms with Crippen LogP contribution < -0.4 is 10.6 Å². The van der Waals surface area contributed by atoms with Gasteiger partial charge in [-0.05, 0) is 80.8 Å². The largest absolute Gasteiger partial charge is 0.356 e. The molecule has 6 nitrogen and oxygen atoms in total. The summed E-state index contributed by atoms with van der Waals surface area (Å²) in [6.45, 7) is 3.28. The zero-order chi connectivity index (χ0) is 20.0. The van der Waals surface area contributed by atoms with Gasteiger partial charge in [0.15, 0.2) is 0 Å². The van der Waals surface area contributed by atoms with Gasteiger partial charge in [-0.3, -0.25) is 14.0 Å². The van der Waals surface area contributed by atoms with Crippen molar-refractivity contribution >= 4 is 17.5 Å². The third-order valence-electron chi connectivity index (χ3n) is 7.28. The number of hydrogen-bond acceptors (Lipinski definition) is 3. The summed E-state index contributed by atoms with van der Waals surface area (Å²) in [4.78, 5) is 29.4. The van der Waals surface area contributed by atoms with Gasteiger partial charge in [0.25, 0.3) is 5.91 Å². The molecule has 2 heterocycles. The van der Waals surface area contributed by atoms with Crippen molar-refractivity contribution in [1.82, 2.24) is 20.0 Å². The summed E-state index contributed by atoms with van der Waals surface area (Å²) in [6.07, 6.45) is 10.1. The average Bonchev–Trinajstić information content (AvgIpc) is 3.07. The van der Waals surface area contributed by atoms with Crippen molar-refractivity contribution in [2.24, 2.45) is 23.2 Å². The van der Waals surface area contributed by atoms with Gasteiger partial charge in [-0.15, -0.1) is 0 Å². The van der Waals surface area contributed by atoms with Crippen LogP contribution in [0.15, 0.2) is 24.4 Å². The lowest BCUT2D eigenvalue weighted by molar-refractivity contribution is -0.120. The topological polar surface area (TPSA) is 75.5 Å². The van der Waals surface area contributed by atoms with E-state index in [4.69, 9.17) is 0 Å². The third kappa shape index (κ3) is 3.53. The van der Waals surface area contributed by atoms with Gasteiger partial charge in [0.05, 0.1) is 12.1 Å². The number of imidazole rings is 1. The van der Waals surface area contributed by atoms with E-state index in [1.807, 2.05) is 35.7 Å². The van der Waals surface area contributed by atoms with E-state index in [2.05, 4.69) is 15.6 Å². The summed E-state index contributed by atoms with van der Waals surface area (Å²) in [7, 11) is 0. The number of nitrogens with one attached hydrogen (secondary N) is 2. The van der Waals surface area contributed by atoms with Crippen molar-refractivity contribution in [2.45, 2.75) is 51.9 Å². The summed E-state index contributed by atoms with van der Waals surface area (Å²) in [5, 5.41) is 6.04. The van der Waals surface area contributed by atoms with Gasteiger partial charge in [0, 0.05) is 19.3 Å². The van der Waals surface area contributed by atoms with Gasteiger partial charge in [0.1, 0.15) is 11.3 Å². The van der Waals surface area contributed by atoms with Gasteiger partial charge in [-0.1, -0.05) is 6.07 Å². The minimum absolute atomic E-state index is 0.0479. The molecule has 6 heteroatoms. The molecule has 2 aromatic heterocycles. The maximum Gasteiger partial charge on any atom is 0.268 e. The molecule has 2 N–H and O–H groups in total. The van der Waals surface area contributed by atoms with Crippen LogP contribution in [0, 0.1) is 23.2 Å². The van der Waals surface area contributed by atoms with E-state index < -0.39 is 0 Å². The molecule has 0 saturated heterocycles. The van der Waals surface area contributed by atoms with Gasteiger partial charge in [-0.2, -0.15) is 0 Å². The lowest BCUT2D eigenvalue weighted by Gasteiger charge is -2.56. The minimum Gasteiger partial charge on any atom is -0.356 e. The Morgan fingerprint density at radius 1 is 1.10 bits per heavy atom. The van der Waals surface area contributed by atoms with Crippen molar-refractivity contribution in [3.05, 3.63) is 35.8 Å². The van der Waals surface area contributed by atoms with Crippen LogP contribution in [-0.4, -0.2) is 34.3 Å². The Labute approximate surface area is 171 Å². The van der Waals surface area contributed by atoms with Crippen LogP contribution in [-0.2, 0) is 11.2 Å². The third-order valence-corrected chi connectivity index (χ3v) is 7.28. The highest BCUT2D eigenvalue weighted by molar-refractivity contribution is 5.93. The molecular formula is C23H30N4O2. The number of hydrogen-bond donors (Lipinski definition) is 2. The molecule has 4 aliphatic carbocycles. The molecule has 4 fully saturated rings. The van der Waals surface area contributed by atoms with Crippen LogP contribution in [0.1, 0.15) is 61.6 Å².